The van der Waals surface area contributed by atoms with Crippen molar-refractivity contribution < 1.29 is 4.79 Å². The Morgan fingerprint density at radius 1 is 0.679 bits per heavy atom. The second-order valence-corrected chi connectivity index (χ2v) is 21.8. The molecule has 0 aliphatic heterocycles. The highest BCUT2D eigenvalue weighted by atomic mass is 28.3. The van der Waals surface area contributed by atoms with Crippen molar-refractivity contribution in [3.05, 3.63) is 16.5 Å². The summed E-state index contributed by atoms with van der Waals surface area (Å²) in [7, 11) is -3.80. The third kappa shape index (κ3) is 5.21. The SMILES string of the molecule is CC(=C=C(C#C[Si](C(C)C)(C(C)C)C(C)C)[Si](C(C)C)(C(C)C)C(C)C)C=O. The summed E-state index contributed by atoms with van der Waals surface area (Å²) in [5, 5.41) is 1.18. The van der Waals surface area contributed by atoms with Gasteiger partial charge in [0.05, 0.1) is 0 Å². The molecule has 28 heavy (non-hydrogen) atoms. The third-order valence-corrected chi connectivity index (χ3v) is 20.2. The van der Waals surface area contributed by atoms with Crippen molar-refractivity contribution in [1.82, 2.24) is 0 Å². The molecule has 0 aromatic carbocycles. The van der Waals surface area contributed by atoms with Gasteiger partial charge in [0.1, 0.15) is 16.1 Å². The summed E-state index contributed by atoms with van der Waals surface area (Å²) >= 11 is 0. The lowest BCUT2D eigenvalue weighted by molar-refractivity contribution is -0.104. The average molecular weight is 419 g/mol. The minimum atomic E-state index is -1.97. The van der Waals surface area contributed by atoms with Gasteiger partial charge in [0, 0.05) is 10.8 Å². The average Bonchev–Trinajstić information content (AvgIpc) is 2.53. The second-order valence-electron chi connectivity index (χ2n) is 10.3. The van der Waals surface area contributed by atoms with E-state index >= 15 is 0 Å². The molecule has 0 unspecified atom stereocenters. The maximum atomic E-state index is 11.5. The topological polar surface area (TPSA) is 17.1 Å². The van der Waals surface area contributed by atoms with Gasteiger partial charge in [0.25, 0.3) is 0 Å². The van der Waals surface area contributed by atoms with E-state index in [2.05, 4.69) is 100 Å². The summed E-state index contributed by atoms with van der Waals surface area (Å²) in [5.74, 6) is 3.75. The largest absolute Gasteiger partial charge is 0.298 e. The molecule has 0 aliphatic carbocycles. The molecule has 0 aliphatic rings. The van der Waals surface area contributed by atoms with E-state index in [9.17, 15) is 4.79 Å². The van der Waals surface area contributed by atoms with E-state index in [1.54, 1.807) is 0 Å². The van der Waals surface area contributed by atoms with Crippen LogP contribution in [-0.4, -0.2) is 22.4 Å². The molecule has 0 aromatic heterocycles. The van der Waals surface area contributed by atoms with Gasteiger partial charge in [-0.1, -0.05) is 89.0 Å². The molecule has 0 saturated heterocycles. The Morgan fingerprint density at radius 3 is 1.29 bits per heavy atom. The van der Waals surface area contributed by atoms with E-state index in [0.29, 0.717) is 38.8 Å². The quantitative estimate of drug-likeness (QED) is 0.128. The van der Waals surface area contributed by atoms with Crippen LogP contribution in [0.3, 0.4) is 0 Å². The molecular formula is C25H46OSi2. The Kier molecular flexibility index (Phi) is 10.5. The van der Waals surface area contributed by atoms with Crippen LogP contribution in [0.4, 0.5) is 0 Å². The summed E-state index contributed by atoms with van der Waals surface area (Å²) in [4.78, 5) is 11.5. The second kappa shape index (κ2) is 10.8. The molecule has 0 aromatic rings. The number of hydrogen-bond acceptors (Lipinski definition) is 1. The first-order chi connectivity index (χ1) is 12.7. The van der Waals surface area contributed by atoms with Gasteiger partial charge in [-0.3, -0.25) is 4.79 Å². The molecule has 3 heteroatoms. The van der Waals surface area contributed by atoms with Gasteiger partial charge < -0.3 is 0 Å². The molecule has 0 amide bonds. The number of rotatable bonds is 8. The van der Waals surface area contributed by atoms with Crippen LogP contribution in [0.1, 0.15) is 90.0 Å². The van der Waals surface area contributed by atoms with Crippen LogP contribution in [0.5, 0.6) is 0 Å². The van der Waals surface area contributed by atoms with Gasteiger partial charge in [0.2, 0.25) is 0 Å². The van der Waals surface area contributed by atoms with E-state index in [4.69, 9.17) is 0 Å². The molecule has 0 heterocycles. The maximum Gasteiger partial charge on any atom is 0.153 e. The van der Waals surface area contributed by atoms with Crippen molar-refractivity contribution in [2.24, 2.45) is 0 Å². The first-order valence-corrected chi connectivity index (χ1v) is 15.6. The summed E-state index contributed by atoms with van der Waals surface area (Å²) in [6.07, 6.45) is 0.930. The summed E-state index contributed by atoms with van der Waals surface area (Å²) < 4.78 is 0. The monoisotopic (exact) mass is 418 g/mol. The van der Waals surface area contributed by atoms with Crippen LogP contribution in [-0.2, 0) is 4.79 Å². The zero-order valence-electron chi connectivity index (χ0n) is 20.9. The Balaban J connectivity index is 7.19. The zero-order valence-corrected chi connectivity index (χ0v) is 22.9. The van der Waals surface area contributed by atoms with Crippen LogP contribution in [0.25, 0.3) is 0 Å². The minimum absolute atomic E-state index is 0.553. The molecule has 0 bridgehead atoms. The predicted octanol–water partition coefficient (Wildman–Crippen LogP) is 8.10. The van der Waals surface area contributed by atoms with Crippen LogP contribution in [0.2, 0.25) is 33.2 Å². The summed E-state index contributed by atoms with van der Waals surface area (Å²) in [6.45, 7) is 30.1. The molecular weight excluding hydrogens is 372 g/mol. The Bertz CT molecular complexity index is 604. The smallest absolute Gasteiger partial charge is 0.153 e. The van der Waals surface area contributed by atoms with Crippen molar-refractivity contribution >= 4 is 22.4 Å². The van der Waals surface area contributed by atoms with Gasteiger partial charge in [-0.05, 0) is 40.2 Å². The zero-order chi connectivity index (χ0) is 22.4. The van der Waals surface area contributed by atoms with E-state index in [-0.39, 0.29) is 0 Å². The lowest BCUT2D eigenvalue weighted by atomic mass is 10.3. The molecule has 0 radical (unpaired) electrons. The molecule has 0 spiro atoms. The maximum absolute atomic E-state index is 11.5. The Hall–Kier alpha value is -0.816. The molecule has 0 fully saturated rings. The normalized spacial score (nSPS) is 12.7. The minimum Gasteiger partial charge on any atom is -0.298 e. The van der Waals surface area contributed by atoms with Crippen LogP contribution < -0.4 is 0 Å². The highest BCUT2D eigenvalue weighted by Crippen LogP contribution is 2.47. The van der Waals surface area contributed by atoms with Crippen molar-refractivity contribution in [3.8, 4) is 11.5 Å². The first kappa shape index (κ1) is 27.2. The number of carbonyl (C=O) groups excluding carboxylic acids is 1. The van der Waals surface area contributed by atoms with E-state index in [1.165, 1.54) is 5.20 Å². The molecule has 0 N–H and O–H groups in total. The predicted molar refractivity (Wildman–Crippen MR) is 132 cm³/mol. The summed E-state index contributed by atoms with van der Waals surface area (Å²) in [6, 6.07) is 0. The van der Waals surface area contributed by atoms with Crippen LogP contribution >= 0.6 is 0 Å². The van der Waals surface area contributed by atoms with Crippen LogP contribution in [0.15, 0.2) is 16.5 Å². The van der Waals surface area contributed by atoms with E-state index < -0.39 is 16.1 Å². The van der Waals surface area contributed by atoms with Gasteiger partial charge in [-0.25, -0.2) is 0 Å². The first-order valence-electron chi connectivity index (χ1n) is 11.2. The molecule has 0 atom stereocenters. The molecule has 1 nitrogen and oxygen atoms in total. The fraction of sp³-hybridized carbons (Fsp3) is 0.760. The number of hydrogen-bond donors (Lipinski definition) is 0. The van der Waals surface area contributed by atoms with Gasteiger partial charge >= 0.3 is 0 Å². The highest BCUT2D eigenvalue weighted by Gasteiger charge is 2.47. The molecule has 0 saturated carbocycles. The fourth-order valence-corrected chi connectivity index (χ4v) is 17.7. The fourth-order valence-electron chi connectivity index (χ4n) is 5.94. The van der Waals surface area contributed by atoms with Crippen molar-refractivity contribution in [2.45, 2.75) is 123 Å². The number of carbonyl (C=O) groups is 1. The number of aldehydes is 1. The van der Waals surface area contributed by atoms with Gasteiger partial charge in [0.15, 0.2) is 6.29 Å². The van der Waals surface area contributed by atoms with E-state index in [0.717, 1.165) is 6.29 Å². The van der Waals surface area contributed by atoms with Gasteiger partial charge in [-0.15, -0.1) is 11.3 Å². The number of allylic oxidation sites excluding steroid dienone is 1. The Morgan fingerprint density at radius 2 is 1.04 bits per heavy atom. The summed E-state index contributed by atoms with van der Waals surface area (Å²) in [5.41, 5.74) is 11.6. The standard InChI is InChI=1S/C25H46OSi2/c1-18(2)27(19(3)4,20(5)6)15-14-25(16-24(13)17-26)28(21(7)8,22(9)10)23(11)12/h17-23H,1-13H3. The third-order valence-electron chi connectivity index (χ3n) is 7.07. The molecule has 0 rings (SSSR count). The highest BCUT2D eigenvalue weighted by molar-refractivity contribution is 6.92. The lowest BCUT2D eigenvalue weighted by Crippen LogP contribution is -2.47. The lowest BCUT2D eigenvalue weighted by Gasteiger charge is -2.43. The van der Waals surface area contributed by atoms with Gasteiger partial charge in [-0.2, -0.15) is 0 Å². The van der Waals surface area contributed by atoms with Crippen molar-refractivity contribution in [1.29, 1.82) is 0 Å². The van der Waals surface area contributed by atoms with Crippen molar-refractivity contribution in [2.75, 3.05) is 0 Å². The van der Waals surface area contributed by atoms with Crippen LogP contribution in [0, 0.1) is 11.5 Å². The Labute approximate surface area is 178 Å². The van der Waals surface area contributed by atoms with Crippen molar-refractivity contribution in [3.63, 3.8) is 0 Å². The van der Waals surface area contributed by atoms with E-state index in [1.807, 2.05) is 6.92 Å². The molecule has 160 valence electrons.